The molecule has 2 atom stereocenters. The summed E-state index contributed by atoms with van der Waals surface area (Å²) in [5.74, 6) is -0.0966. The van der Waals surface area contributed by atoms with Crippen LogP contribution in [0.1, 0.15) is 25.0 Å². The summed E-state index contributed by atoms with van der Waals surface area (Å²) in [4.78, 5) is 11.2. The van der Waals surface area contributed by atoms with Gasteiger partial charge in [0, 0.05) is 11.4 Å². The Morgan fingerprint density at radius 2 is 2.00 bits per heavy atom. The fourth-order valence-electron chi connectivity index (χ4n) is 1.60. The van der Waals surface area contributed by atoms with Crippen LogP contribution < -0.4 is 0 Å². The second-order valence-electron chi connectivity index (χ2n) is 3.61. The van der Waals surface area contributed by atoms with Gasteiger partial charge >= 0.3 is 5.97 Å². The van der Waals surface area contributed by atoms with E-state index >= 15 is 0 Å². The minimum atomic E-state index is -0.107. The van der Waals surface area contributed by atoms with Gasteiger partial charge in [-0.1, -0.05) is 30.7 Å². The van der Waals surface area contributed by atoms with Crippen LogP contribution in [0.3, 0.4) is 0 Å². The lowest BCUT2D eigenvalue weighted by molar-refractivity contribution is -0.144. The van der Waals surface area contributed by atoms with E-state index in [9.17, 15) is 4.79 Å². The number of cyclic esters (lactones) is 1. The Balaban J connectivity index is 2.17. The van der Waals surface area contributed by atoms with E-state index < -0.39 is 0 Å². The Morgan fingerprint density at radius 1 is 1.36 bits per heavy atom. The molecule has 1 aromatic rings. The SMILES string of the molecule is C[C@H]1C[C@H](c2ccc(Cl)cc2)OC1=O. The fraction of sp³-hybridized carbons (Fsp3) is 0.364. The zero-order valence-electron chi connectivity index (χ0n) is 7.87. The molecule has 0 bridgehead atoms. The third-order valence-electron chi connectivity index (χ3n) is 2.47. The number of hydrogen-bond acceptors (Lipinski definition) is 2. The Kier molecular flexibility index (Phi) is 2.46. The first-order valence-electron chi connectivity index (χ1n) is 4.63. The van der Waals surface area contributed by atoms with E-state index in [4.69, 9.17) is 16.3 Å². The van der Waals surface area contributed by atoms with Gasteiger partial charge in [0.15, 0.2) is 0 Å². The molecule has 1 saturated heterocycles. The van der Waals surface area contributed by atoms with Crippen molar-refractivity contribution in [2.24, 2.45) is 5.92 Å². The van der Waals surface area contributed by atoms with Gasteiger partial charge in [0.2, 0.25) is 0 Å². The molecule has 0 amide bonds. The van der Waals surface area contributed by atoms with Gasteiger partial charge in [0.1, 0.15) is 6.10 Å². The molecule has 1 aliphatic heterocycles. The van der Waals surface area contributed by atoms with Crippen LogP contribution >= 0.6 is 11.6 Å². The lowest BCUT2D eigenvalue weighted by Gasteiger charge is -2.08. The Labute approximate surface area is 87.8 Å². The van der Waals surface area contributed by atoms with Crippen molar-refractivity contribution < 1.29 is 9.53 Å². The summed E-state index contributed by atoms with van der Waals surface area (Å²) >= 11 is 5.77. The molecule has 0 aromatic heterocycles. The van der Waals surface area contributed by atoms with Crippen molar-refractivity contribution in [3.05, 3.63) is 34.9 Å². The molecule has 3 heteroatoms. The summed E-state index contributed by atoms with van der Waals surface area (Å²) in [5.41, 5.74) is 1.02. The van der Waals surface area contributed by atoms with Crippen LogP contribution in [0.5, 0.6) is 0 Å². The molecule has 0 spiro atoms. The summed E-state index contributed by atoms with van der Waals surface area (Å²) in [6, 6.07) is 7.43. The van der Waals surface area contributed by atoms with Crippen molar-refractivity contribution in [2.45, 2.75) is 19.4 Å². The van der Waals surface area contributed by atoms with E-state index in [1.807, 2.05) is 31.2 Å². The molecule has 14 heavy (non-hydrogen) atoms. The first-order chi connectivity index (χ1) is 6.66. The number of esters is 1. The Hall–Kier alpha value is -1.02. The number of carbonyl (C=O) groups is 1. The summed E-state index contributed by atoms with van der Waals surface area (Å²) in [6.07, 6.45) is 0.676. The first-order valence-corrected chi connectivity index (χ1v) is 5.00. The maximum atomic E-state index is 11.2. The second kappa shape index (κ2) is 3.62. The minimum Gasteiger partial charge on any atom is -0.457 e. The fourth-order valence-corrected chi connectivity index (χ4v) is 1.73. The van der Waals surface area contributed by atoms with Gasteiger partial charge in [-0.2, -0.15) is 0 Å². The van der Waals surface area contributed by atoms with Crippen molar-refractivity contribution in [1.82, 2.24) is 0 Å². The summed E-state index contributed by atoms with van der Waals surface area (Å²) in [7, 11) is 0. The van der Waals surface area contributed by atoms with Crippen molar-refractivity contribution >= 4 is 17.6 Å². The summed E-state index contributed by atoms with van der Waals surface area (Å²) in [6.45, 7) is 1.89. The van der Waals surface area contributed by atoms with Gasteiger partial charge in [-0.15, -0.1) is 0 Å². The number of hydrogen-bond donors (Lipinski definition) is 0. The smallest absolute Gasteiger partial charge is 0.309 e. The van der Waals surface area contributed by atoms with Crippen molar-refractivity contribution in [3.8, 4) is 0 Å². The molecule has 0 radical (unpaired) electrons. The first kappa shape index (κ1) is 9.53. The topological polar surface area (TPSA) is 26.3 Å². The second-order valence-corrected chi connectivity index (χ2v) is 4.05. The monoisotopic (exact) mass is 210 g/mol. The third-order valence-corrected chi connectivity index (χ3v) is 2.72. The summed E-state index contributed by atoms with van der Waals surface area (Å²) in [5, 5.41) is 0.700. The number of rotatable bonds is 1. The average molecular weight is 211 g/mol. The molecule has 1 aromatic carbocycles. The highest BCUT2D eigenvalue weighted by atomic mass is 35.5. The quantitative estimate of drug-likeness (QED) is 0.667. The molecule has 2 nitrogen and oxygen atoms in total. The molecule has 2 rings (SSSR count). The van der Waals surface area contributed by atoms with Gasteiger partial charge in [-0.3, -0.25) is 4.79 Å². The molecular weight excluding hydrogens is 200 g/mol. The maximum absolute atomic E-state index is 11.2. The molecule has 74 valence electrons. The van der Waals surface area contributed by atoms with Crippen LogP contribution in [0.4, 0.5) is 0 Å². The molecule has 1 fully saturated rings. The molecule has 1 aliphatic rings. The van der Waals surface area contributed by atoms with Crippen molar-refractivity contribution in [3.63, 3.8) is 0 Å². The van der Waals surface area contributed by atoms with Crippen LogP contribution in [-0.2, 0) is 9.53 Å². The van der Waals surface area contributed by atoms with Crippen molar-refractivity contribution in [1.29, 1.82) is 0 Å². The van der Waals surface area contributed by atoms with Gasteiger partial charge < -0.3 is 4.74 Å². The maximum Gasteiger partial charge on any atom is 0.309 e. The standard InChI is InChI=1S/C11H11ClO2/c1-7-6-10(14-11(7)13)8-2-4-9(12)5-3-8/h2-5,7,10H,6H2,1H3/t7-,10+/m0/s1. The number of ether oxygens (including phenoxy) is 1. The lowest BCUT2D eigenvalue weighted by atomic mass is 10.0. The predicted octanol–water partition coefficient (Wildman–Crippen LogP) is 2.96. The Morgan fingerprint density at radius 3 is 2.50 bits per heavy atom. The highest BCUT2D eigenvalue weighted by Gasteiger charge is 2.31. The van der Waals surface area contributed by atoms with Crippen LogP contribution in [0, 0.1) is 5.92 Å². The largest absolute Gasteiger partial charge is 0.457 e. The van der Waals surface area contributed by atoms with E-state index in [0.717, 1.165) is 12.0 Å². The van der Waals surface area contributed by atoms with Gasteiger partial charge in [0.05, 0.1) is 5.92 Å². The highest BCUT2D eigenvalue weighted by Crippen LogP contribution is 2.33. The molecule has 1 heterocycles. The molecular formula is C11H11ClO2. The molecule has 0 unspecified atom stereocenters. The average Bonchev–Trinajstić information content (AvgIpc) is 2.48. The number of halogens is 1. The molecule has 0 N–H and O–H groups in total. The van der Waals surface area contributed by atoms with Gasteiger partial charge in [0.25, 0.3) is 0 Å². The normalized spacial score (nSPS) is 26.3. The third kappa shape index (κ3) is 1.75. The lowest BCUT2D eigenvalue weighted by Crippen LogP contribution is -2.01. The van der Waals surface area contributed by atoms with Gasteiger partial charge in [-0.25, -0.2) is 0 Å². The number of carbonyl (C=O) groups excluding carboxylic acids is 1. The van der Waals surface area contributed by atoms with Crippen LogP contribution in [0.25, 0.3) is 0 Å². The van der Waals surface area contributed by atoms with Gasteiger partial charge in [-0.05, 0) is 17.7 Å². The van der Waals surface area contributed by atoms with Crippen LogP contribution in [0.15, 0.2) is 24.3 Å². The van der Waals surface area contributed by atoms with E-state index in [0.29, 0.717) is 5.02 Å². The van der Waals surface area contributed by atoms with Crippen molar-refractivity contribution in [2.75, 3.05) is 0 Å². The zero-order chi connectivity index (χ0) is 10.1. The predicted molar refractivity (Wildman–Crippen MR) is 54.1 cm³/mol. The summed E-state index contributed by atoms with van der Waals surface area (Å²) < 4.78 is 5.22. The van der Waals surface area contributed by atoms with E-state index in [-0.39, 0.29) is 18.0 Å². The zero-order valence-corrected chi connectivity index (χ0v) is 8.62. The van der Waals surface area contributed by atoms with E-state index in [2.05, 4.69) is 0 Å². The van der Waals surface area contributed by atoms with Crippen LogP contribution in [0.2, 0.25) is 5.02 Å². The Bertz CT molecular complexity index is 345. The molecule has 0 saturated carbocycles. The van der Waals surface area contributed by atoms with E-state index in [1.165, 1.54) is 0 Å². The molecule has 0 aliphatic carbocycles. The van der Waals surface area contributed by atoms with Crippen LogP contribution in [-0.4, -0.2) is 5.97 Å². The highest BCUT2D eigenvalue weighted by molar-refractivity contribution is 6.30. The van der Waals surface area contributed by atoms with E-state index in [1.54, 1.807) is 0 Å². The minimum absolute atomic E-state index is 0.00989. The number of benzene rings is 1.